The standard InChI is InChI=1S/C9H10ClN3S/c1-11-9(14)13-12-6-7-3-2-4-8(10)5-7/h2-6H,1H3,(H2,11,13,14)/p+1. The first-order chi connectivity index (χ1) is 6.72. The molecule has 0 aliphatic rings. The summed E-state index contributed by atoms with van der Waals surface area (Å²) in [6.07, 6.45) is 1.77. The lowest BCUT2D eigenvalue weighted by Gasteiger charge is -1.94. The molecular formula is C9H11ClN3S+. The number of halogens is 1. The maximum Gasteiger partial charge on any atom is 0.223 e. The summed E-state index contributed by atoms with van der Waals surface area (Å²) in [5, 5.41) is 6.85. The Morgan fingerprint density at radius 2 is 2.36 bits per heavy atom. The third-order valence-corrected chi connectivity index (χ3v) is 2.04. The summed E-state index contributed by atoms with van der Waals surface area (Å²) in [7, 11) is 1.75. The van der Waals surface area contributed by atoms with E-state index >= 15 is 0 Å². The van der Waals surface area contributed by atoms with Gasteiger partial charge in [0.15, 0.2) is 6.21 Å². The van der Waals surface area contributed by atoms with Gasteiger partial charge in [-0.2, -0.15) is 0 Å². The Morgan fingerprint density at radius 1 is 1.57 bits per heavy atom. The summed E-state index contributed by atoms with van der Waals surface area (Å²) < 4.78 is 0. The predicted molar refractivity (Wildman–Crippen MR) is 62.4 cm³/mol. The number of hydrogen-bond acceptors (Lipinski definition) is 1. The molecule has 1 aromatic carbocycles. The molecule has 0 atom stereocenters. The van der Waals surface area contributed by atoms with Gasteiger partial charge < -0.3 is 5.32 Å². The van der Waals surface area contributed by atoms with Crippen LogP contribution in [-0.4, -0.2) is 18.4 Å². The second-order valence-corrected chi connectivity index (χ2v) is 3.39. The van der Waals surface area contributed by atoms with E-state index in [1.165, 1.54) is 0 Å². The average molecular weight is 229 g/mol. The van der Waals surface area contributed by atoms with Crippen molar-refractivity contribution in [2.45, 2.75) is 0 Å². The first-order valence-corrected chi connectivity index (χ1v) is 4.83. The predicted octanol–water partition coefficient (Wildman–Crippen LogP) is -0.152. The quantitative estimate of drug-likeness (QED) is 0.375. The molecule has 0 saturated heterocycles. The molecule has 0 amide bonds. The molecule has 14 heavy (non-hydrogen) atoms. The number of hydrogen-bond donors (Lipinski definition) is 3. The maximum absolute atomic E-state index is 5.81. The summed E-state index contributed by atoms with van der Waals surface area (Å²) in [4.78, 5) is 0. The largest absolute Gasteiger partial charge is 0.361 e. The van der Waals surface area contributed by atoms with E-state index in [2.05, 4.69) is 15.8 Å². The molecule has 0 aliphatic heterocycles. The highest BCUT2D eigenvalue weighted by molar-refractivity contribution is 7.80. The van der Waals surface area contributed by atoms with Crippen LogP contribution in [0.3, 0.4) is 0 Å². The summed E-state index contributed by atoms with van der Waals surface area (Å²) in [6, 6.07) is 7.48. The minimum atomic E-state index is 0.531. The molecule has 0 heterocycles. The zero-order valence-electron chi connectivity index (χ0n) is 7.67. The molecular weight excluding hydrogens is 218 g/mol. The molecule has 5 heteroatoms. The van der Waals surface area contributed by atoms with E-state index in [1.807, 2.05) is 24.3 Å². The monoisotopic (exact) mass is 228 g/mol. The SMILES string of the molecule is CNC(=S)N[NH+]=Cc1cccc(Cl)c1. The highest BCUT2D eigenvalue weighted by Crippen LogP contribution is 2.07. The molecule has 0 bridgehead atoms. The van der Waals surface area contributed by atoms with Crippen LogP contribution in [0.1, 0.15) is 5.56 Å². The van der Waals surface area contributed by atoms with Crippen LogP contribution < -0.4 is 15.8 Å². The Labute approximate surface area is 93.2 Å². The Kier molecular flexibility index (Phi) is 4.35. The Morgan fingerprint density at radius 3 is 3.00 bits per heavy atom. The Balaban J connectivity index is 2.56. The van der Waals surface area contributed by atoms with Gasteiger partial charge in [0.2, 0.25) is 5.11 Å². The fourth-order valence-corrected chi connectivity index (χ4v) is 1.10. The van der Waals surface area contributed by atoms with E-state index in [-0.39, 0.29) is 0 Å². The van der Waals surface area contributed by atoms with Crippen LogP contribution >= 0.6 is 23.8 Å². The van der Waals surface area contributed by atoms with Gasteiger partial charge in [0.25, 0.3) is 0 Å². The Bertz CT molecular complexity index is 352. The summed E-state index contributed by atoms with van der Waals surface area (Å²) in [6.45, 7) is 0. The van der Waals surface area contributed by atoms with Crippen molar-refractivity contribution in [2.75, 3.05) is 7.05 Å². The smallest absolute Gasteiger partial charge is 0.223 e. The van der Waals surface area contributed by atoms with Crippen LogP contribution in [0.5, 0.6) is 0 Å². The van der Waals surface area contributed by atoms with Crippen molar-refractivity contribution in [3.8, 4) is 0 Å². The van der Waals surface area contributed by atoms with Crippen LogP contribution in [0.4, 0.5) is 0 Å². The minimum Gasteiger partial charge on any atom is -0.361 e. The summed E-state index contributed by atoms with van der Waals surface area (Å²) in [5.74, 6) is 0. The number of rotatable bonds is 2. The fraction of sp³-hybridized carbons (Fsp3) is 0.111. The lowest BCUT2D eigenvalue weighted by Crippen LogP contribution is -2.82. The highest BCUT2D eigenvalue weighted by Gasteiger charge is 1.93. The van der Waals surface area contributed by atoms with Gasteiger partial charge >= 0.3 is 0 Å². The van der Waals surface area contributed by atoms with Gasteiger partial charge in [0.1, 0.15) is 0 Å². The van der Waals surface area contributed by atoms with E-state index in [4.69, 9.17) is 23.8 Å². The molecule has 1 aromatic rings. The molecule has 0 spiro atoms. The van der Waals surface area contributed by atoms with E-state index < -0.39 is 0 Å². The lowest BCUT2D eigenvalue weighted by atomic mass is 10.2. The van der Waals surface area contributed by atoms with Crippen LogP contribution in [-0.2, 0) is 0 Å². The van der Waals surface area contributed by atoms with Crippen molar-refractivity contribution in [1.29, 1.82) is 0 Å². The van der Waals surface area contributed by atoms with Crippen molar-refractivity contribution in [3.05, 3.63) is 34.9 Å². The third kappa shape index (κ3) is 3.72. The lowest BCUT2D eigenvalue weighted by molar-refractivity contribution is -0.500. The first kappa shape index (κ1) is 10.9. The topological polar surface area (TPSA) is 38.0 Å². The number of thiocarbonyl (C=S) groups is 1. The second-order valence-electron chi connectivity index (χ2n) is 2.55. The summed E-state index contributed by atoms with van der Waals surface area (Å²) >= 11 is 10.7. The van der Waals surface area contributed by atoms with Crippen molar-refractivity contribution in [1.82, 2.24) is 10.7 Å². The molecule has 0 unspecified atom stereocenters. The second kappa shape index (κ2) is 5.57. The zero-order chi connectivity index (χ0) is 10.4. The molecule has 0 saturated carbocycles. The van der Waals surface area contributed by atoms with Crippen LogP contribution in [0.2, 0.25) is 5.02 Å². The van der Waals surface area contributed by atoms with Crippen molar-refractivity contribution >= 4 is 35.1 Å². The number of hydrazine groups is 1. The fourth-order valence-electron chi connectivity index (χ4n) is 0.844. The van der Waals surface area contributed by atoms with E-state index in [0.717, 1.165) is 5.56 Å². The number of benzene rings is 1. The minimum absolute atomic E-state index is 0.531. The van der Waals surface area contributed by atoms with Crippen LogP contribution in [0.15, 0.2) is 24.3 Å². The van der Waals surface area contributed by atoms with E-state index in [1.54, 1.807) is 13.3 Å². The van der Waals surface area contributed by atoms with Crippen LogP contribution in [0, 0.1) is 0 Å². The van der Waals surface area contributed by atoms with Gasteiger partial charge in [-0.05, 0) is 30.4 Å². The van der Waals surface area contributed by atoms with Gasteiger partial charge in [-0.15, -0.1) is 10.5 Å². The molecule has 3 N–H and O–H groups in total. The van der Waals surface area contributed by atoms with Gasteiger partial charge in [-0.1, -0.05) is 17.7 Å². The van der Waals surface area contributed by atoms with Crippen molar-refractivity contribution in [2.24, 2.45) is 0 Å². The molecule has 0 radical (unpaired) electrons. The third-order valence-electron chi connectivity index (χ3n) is 1.50. The van der Waals surface area contributed by atoms with Crippen molar-refractivity contribution in [3.63, 3.8) is 0 Å². The molecule has 0 aliphatic carbocycles. The molecule has 0 aromatic heterocycles. The zero-order valence-corrected chi connectivity index (χ0v) is 9.25. The first-order valence-electron chi connectivity index (χ1n) is 4.04. The van der Waals surface area contributed by atoms with Gasteiger partial charge in [-0.3, -0.25) is 0 Å². The molecule has 0 fully saturated rings. The van der Waals surface area contributed by atoms with E-state index in [0.29, 0.717) is 10.1 Å². The van der Waals surface area contributed by atoms with Crippen LogP contribution in [0.25, 0.3) is 0 Å². The molecule has 1 rings (SSSR count). The maximum atomic E-state index is 5.81. The molecule has 74 valence electrons. The Hall–Kier alpha value is -1.13. The van der Waals surface area contributed by atoms with Gasteiger partial charge in [0, 0.05) is 17.6 Å². The average Bonchev–Trinajstić information content (AvgIpc) is 2.17. The summed E-state index contributed by atoms with van der Waals surface area (Å²) in [5.41, 5.74) is 3.75. The number of nitrogens with one attached hydrogen (secondary N) is 3. The normalized spacial score (nSPS) is 10.1. The van der Waals surface area contributed by atoms with Crippen molar-refractivity contribution < 1.29 is 5.10 Å². The molecule has 3 nitrogen and oxygen atoms in total. The van der Waals surface area contributed by atoms with E-state index in [9.17, 15) is 0 Å². The van der Waals surface area contributed by atoms with Gasteiger partial charge in [-0.25, -0.2) is 0 Å². The highest BCUT2D eigenvalue weighted by atomic mass is 35.5. The number of hydrazone groups is 1. The van der Waals surface area contributed by atoms with Gasteiger partial charge in [0.05, 0.1) is 0 Å².